The molecule has 0 aliphatic carbocycles. The number of thiazole rings is 1. The number of aryl methyl sites for hydroxylation is 2. The molecule has 2 aromatic heterocycles. The molecule has 1 amide bonds. The SMILES string of the molecule is Cc1cc(C)c2c(CC(=O)Nc3nc(-c4ccc(S(=O)(=O)N5CCOCC5)cc4)cs3)coc2c1. The molecule has 0 bridgehead atoms. The number of nitrogens with one attached hydrogen (secondary N) is 1. The molecule has 1 aliphatic heterocycles. The van der Waals surface area contributed by atoms with Crippen LogP contribution in [0.1, 0.15) is 16.7 Å². The molecule has 5 rings (SSSR count). The summed E-state index contributed by atoms with van der Waals surface area (Å²) in [7, 11) is -3.55. The summed E-state index contributed by atoms with van der Waals surface area (Å²) in [6.07, 6.45) is 1.82. The Morgan fingerprint density at radius 3 is 2.63 bits per heavy atom. The van der Waals surface area contributed by atoms with Gasteiger partial charge in [-0.3, -0.25) is 4.79 Å². The number of benzene rings is 2. The second kappa shape index (κ2) is 9.54. The predicted octanol–water partition coefficient (Wildman–Crippen LogP) is 4.38. The molecule has 0 atom stereocenters. The molecule has 1 saturated heterocycles. The van der Waals surface area contributed by atoms with Gasteiger partial charge < -0.3 is 14.5 Å². The minimum atomic E-state index is -3.55. The number of carbonyl (C=O) groups excluding carboxylic acids is 1. The molecule has 2 aromatic carbocycles. The van der Waals surface area contributed by atoms with Crippen molar-refractivity contribution < 1.29 is 22.4 Å². The van der Waals surface area contributed by atoms with Crippen molar-refractivity contribution in [3.8, 4) is 11.3 Å². The van der Waals surface area contributed by atoms with E-state index in [1.807, 2.05) is 25.3 Å². The maximum absolute atomic E-state index is 12.8. The number of sulfonamides is 1. The molecule has 8 nitrogen and oxygen atoms in total. The van der Waals surface area contributed by atoms with Gasteiger partial charge in [-0.2, -0.15) is 4.31 Å². The molecule has 0 unspecified atom stereocenters. The van der Waals surface area contributed by atoms with Crippen molar-refractivity contribution in [2.24, 2.45) is 0 Å². The highest BCUT2D eigenvalue weighted by molar-refractivity contribution is 7.89. The summed E-state index contributed by atoms with van der Waals surface area (Å²) in [4.78, 5) is 17.4. The highest BCUT2D eigenvalue weighted by atomic mass is 32.2. The van der Waals surface area contributed by atoms with E-state index in [9.17, 15) is 13.2 Å². The van der Waals surface area contributed by atoms with Crippen molar-refractivity contribution in [3.63, 3.8) is 0 Å². The van der Waals surface area contributed by atoms with Crippen molar-refractivity contribution in [2.75, 3.05) is 31.6 Å². The van der Waals surface area contributed by atoms with Crippen LogP contribution in [0.15, 0.2) is 57.4 Å². The summed E-state index contributed by atoms with van der Waals surface area (Å²) in [5.74, 6) is -0.180. The van der Waals surface area contributed by atoms with Gasteiger partial charge in [-0.1, -0.05) is 18.2 Å². The third kappa shape index (κ3) is 4.87. The first-order chi connectivity index (χ1) is 16.8. The predicted molar refractivity (Wildman–Crippen MR) is 135 cm³/mol. The van der Waals surface area contributed by atoms with Gasteiger partial charge >= 0.3 is 0 Å². The van der Waals surface area contributed by atoms with E-state index in [0.29, 0.717) is 37.1 Å². The number of ether oxygens (including phenoxy) is 1. The number of amides is 1. The van der Waals surface area contributed by atoms with Gasteiger partial charge in [0.05, 0.1) is 36.5 Å². The summed E-state index contributed by atoms with van der Waals surface area (Å²) in [6, 6.07) is 10.7. The van der Waals surface area contributed by atoms with Crippen LogP contribution in [0.5, 0.6) is 0 Å². The molecule has 0 radical (unpaired) electrons. The Labute approximate surface area is 207 Å². The summed E-state index contributed by atoms with van der Waals surface area (Å²) >= 11 is 1.32. The number of hydrogen-bond acceptors (Lipinski definition) is 7. The first-order valence-corrected chi connectivity index (χ1v) is 13.5. The number of carbonyl (C=O) groups is 1. The zero-order valence-corrected chi connectivity index (χ0v) is 21.0. The summed E-state index contributed by atoms with van der Waals surface area (Å²) in [5.41, 5.74) is 5.24. The normalized spacial score (nSPS) is 14.9. The Bertz CT molecular complexity index is 1480. The van der Waals surface area contributed by atoms with E-state index in [1.165, 1.54) is 15.6 Å². The third-order valence-electron chi connectivity index (χ3n) is 5.95. The molecule has 182 valence electrons. The van der Waals surface area contributed by atoms with E-state index in [4.69, 9.17) is 9.15 Å². The van der Waals surface area contributed by atoms with E-state index in [0.717, 1.165) is 33.2 Å². The lowest BCUT2D eigenvalue weighted by Crippen LogP contribution is -2.40. The van der Waals surface area contributed by atoms with Gasteiger partial charge in [0.2, 0.25) is 15.9 Å². The Morgan fingerprint density at radius 2 is 1.89 bits per heavy atom. The van der Waals surface area contributed by atoms with E-state index in [-0.39, 0.29) is 17.2 Å². The highest BCUT2D eigenvalue weighted by Crippen LogP contribution is 2.29. The Kier molecular flexibility index (Phi) is 6.45. The van der Waals surface area contributed by atoms with E-state index in [2.05, 4.69) is 16.4 Å². The number of aromatic nitrogens is 1. The molecule has 3 heterocycles. The zero-order valence-electron chi connectivity index (χ0n) is 19.4. The topological polar surface area (TPSA) is 102 Å². The van der Waals surface area contributed by atoms with Gasteiger partial charge in [0.1, 0.15) is 5.58 Å². The smallest absolute Gasteiger partial charge is 0.243 e. The van der Waals surface area contributed by atoms with Crippen LogP contribution in [0.25, 0.3) is 22.2 Å². The largest absolute Gasteiger partial charge is 0.464 e. The van der Waals surface area contributed by atoms with Gasteiger partial charge in [-0.05, 0) is 43.2 Å². The fourth-order valence-corrected chi connectivity index (χ4v) is 6.43. The van der Waals surface area contributed by atoms with Crippen molar-refractivity contribution in [1.82, 2.24) is 9.29 Å². The molecule has 1 N–H and O–H groups in total. The number of rotatable bonds is 6. The molecule has 1 fully saturated rings. The number of furan rings is 1. The van der Waals surface area contributed by atoms with Crippen molar-refractivity contribution in [1.29, 1.82) is 0 Å². The number of anilines is 1. The van der Waals surface area contributed by atoms with Crippen LogP contribution in [-0.4, -0.2) is 49.9 Å². The van der Waals surface area contributed by atoms with E-state index in [1.54, 1.807) is 30.5 Å². The van der Waals surface area contributed by atoms with Crippen molar-refractivity contribution in [2.45, 2.75) is 25.2 Å². The van der Waals surface area contributed by atoms with Gasteiger partial charge in [0, 0.05) is 35.0 Å². The van der Waals surface area contributed by atoms with Gasteiger partial charge in [0.25, 0.3) is 0 Å². The van der Waals surface area contributed by atoms with E-state index >= 15 is 0 Å². The summed E-state index contributed by atoms with van der Waals surface area (Å²) < 4.78 is 38.0. The first kappa shape index (κ1) is 23.7. The molecule has 35 heavy (non-hydrogen) atoms. The number of fused-ring (bicyclic) bond motifs is 1. The van der Waals surface area contributed by atoms with E-state index < -0.39 is 10.0 Å². The quantitative estimate of drug-likeness (QED) is 0.412. The van der Waals surface area contributed by atoms with Gasteiger partial charge in [0.15, 0.2) is 5.13 Å². The first-order valence-electron chi connectivity index (χ1n) is 11.2. The summed E-state index contributed by atoms with van der Waals surface area (Å²) in [6.45, 7) is 5.54. The maximum atomic E-state index is 12.8. The molecule has 4 aromatic rings. The highest BCUT2D eigenvalue weighted by Gasteiger charge is 2.26. The number of nitrogens with zero attached hydrogens (tertiary/aromatic N) is 2. The average Bonchev–Trinajstić information content (AvgIpc) is 3.47. The molecule has 0 spiro atoms. The fraction of sp³-hybridized carbons (Fsp3) is 0.280. The number of morpholine rings is 1. The third-order valence-corrected chi connectivity index (χ3v) is 8.62. The van der Waals surface area contributed by atoms with Crippen LogP contribution in [-0.2, 0) is 26.0 Å². The van der Waals surface area contributed by atoms with Crippen LogP contribution < -0.4 is 5.32 Å². The van der Waals surface area contributed by atoms with Crippen LogP contribution >= 0.6 is 11.3 Å². The fourth-order valence-electron chi connectivity index (χ4n) is 4.29. The summed E-state index contributed by atoms with van der Waals surface area (Å²) in [5, 5.41) is 6.14. The number of hydrogen-bond donors (Lipinski definition) is 1. The zero-order chi connectivity index (χ0) is 24.6. The lowest BCUT2D eigenvalue weighted by atomic mass is 10.0. The molecule has 10 heteroatoms. The Hall–Kier alpha value is -3.05. The lowest BCUT2D eigenvalue weighted by Gasteiger charge is -2.26. The lowest BCUT2D eigenvalue weighted by molar-refractivity contribution is -0.115. The Morgan fingerprint density at radius 1 is 1.14 bits per heavy atom. The van der Waals surface area contributed by atoms with Crippen LogP contribution in [0.3, 0.4) is 0 Å². The van der Waals surface area contributed by atoms with Crippen molar-refractivity contribution in [3.05, 3.63) is 64.7 Å². The molecular weight excluding hydrogens is 486 g/mol. The second-order valence-electron chi connectivity index (χ2n) is 8.52. The van der Waals surface area contributed by atoms with Crippen LogP contribution in [0.4, 0.5) is 5.13 Å². The van der Waals surface area contributed by atoms with Gasteiger partial charge in [-0.25, -0.2) is 13.4 Å². The van der Waals surface area contributed by atoms with Crippen LogP contribution in [0.2, 0.25) is 0 Å². The standard InChI is InChI=1S/C25H25N3O5S2/c1-16-11-17(2)24-19(14-33-22(24)12-16)13-23(29)27-25-26-21(15-34-25)18-3-5-20(6-4-18)35(30,31)28-7-9-32-10-8-28/h3-6,11-12,14-15H,7-10,13H2,1-2H3,(H,26,27,29). The average molecular weight is 512 g/mol. The molecule has 0 saturated carbocycles. The minimum Gasteiger partial charge on any atom is -0.464 e. The Balaban J connectivity index is 1.27. The van der Waals surface area contributed by atoms with Crippen LogP contribution in [0, 0.1) is 13.8 Å². The minimum absolute atomic E-state index is 0.180. The molecule has 1 aliphatic rings. The monoisotopic (exact) mass is 511 g/mol. The van der Waals surface area contributed by atoms with Gasteiger partial charge in [-0.15, -0.1) is 11.3 Å². The maximum Gasteiger partial charge on any atom is 0.243 e. The molecular formula is C25H25N3O5S2. The second-order valence-corrected chi connectivity index (χ2v) is 11.3. The van der Waals surface area contributed by atoms with Crippen molar-refractivity contribution >= 4 is 43.4 Å².